The number of anilines is 1. The van der Waals surface area contributed by atoms with E-state index >= 15 is 0 Å². The molecule has 2 atom stereocenters. The summed E-state index contributed by atoms with van der Waals surface area (Å²) in [6.07, 6.45) is 1.77. The maximum absolute atomic E-state index is 13.7. The van der Waals surface area contributed by atoms with Crippen LogP contribution >= 0.6 is 23.2 Å². The van der Waals surface area contributed by atoms with Crippen molar-refractivity contribution < 1.29 is 18.0 Å². The summed E-state index contributed by atoms with van der Waals surface area (Å²) in [5.41, 5.74) is 1.74. The van der Waals surface area contributed by atoms with Crippen molar-refractivity contribution in [1.82, 2.24) is 10.2 Å². The van der Waals surface area contributed by atoms with Gasteiger partial charge in [0.05, 0.1) is 11.9 Å². The van der Waals surface area contributed by atoms with Gasteiger partial charge in [0.1, 0.15) is 12.6 Å². The van der Waals surface area contributed by atoms with Crippen LogP contribution in [0.1, 0.15) is 59.1 Å². The summed E-state index contributed by atoms with van der Waals surface area (Å²) in [5, 5.41) is 3.57. The number of carbonyl (C=O) groups excluding carboxylic acids is 2. The molecule has 0 aromatic heterocycles. The van der Waals surface area contributed by atoms with Crippen LogP contribution in [0.15, 0.2) is 42.5 Å². The molecule has 0 radical (unpaired) electrons. The molecule has 0 aliphatic heterocycles. The Balaban J connectivity index is 2.46. The first-order valence-electron chi connectivity index (χ1n) is 12.2. The molecule has 0 bridgehead atoms. The Morgan fingerprint density at radius 3 is 2.00 bits per heavy atom. The maximum atomic E-state index is 13.7. The molecule has 10 heteroatoms. The van der Waals surface area contributed by atoms with Crippen molar-refractivity contribution in [3.05, 3.63) is 63.6 Å². The van der Waals surface area contributed by atoms with Gasteiger partial charge in [0.15, 0.2) is 0 Å². The predicted molar refractivity (Wildman–Crippen MR) is 152 cm³/mol. The van der Waals surface area contributed by atoms with Crippen LogP contribution in [0.5, 0.6) is 0 Å². The monoisotopic (exact) mass is 569 g/mol. The van der Waals surface area contributed by atoms with E-state index in [9.17, 15) is 18.0 Å². The van der Waals surface area contributed by atoms with E-state index in [1.165, 1.54) is 4.90 Å². The Bertz CT molecular complexity index is 1190. The molecule has 2 aromatic rings. The van der Waals surface area contributed by atoms with Crippen LogP contribution < -0.4 is 9.62 Å². The second kappa shape index (κ2) is 12.5. The molecule has 0 saturated heterocycles. The van der Waals surface area contributed by atoms with Crippen molar-refractivity contribution in [3.8, 4) is 0 Å². The van der Waals surface area contributed by atoms with Gasteiger partial charge in [0.2, 0.25) is 21.8 Å². The fraction of sp³-hybridized carbons (Fsp3) is 0.481. The molecule has 1 N–H and O–H groups in total. The summed E-state index contributed by atoms with van der Waals surface area (Å²) in [6.45, 7) is 11.0. The lowest BCUT2D eigenvalue weighted by Crippen LogP contribution is -2.52. The van der Waals surface area contributed by atoms with Gasteiger partial charge in [-0.2, -0.15) is 0 Å². The number of benzene rings is 2. The lowest BCUT2D eigenvalue weighted by molar-refractivity contribution is -0.139. The standard InChI is InChI=1S/C27H37Cl2N3O4S/c1-8-18(2)30-26(34)19(3)31(16-22-23(28)10-9-11-24(22)29)25(33)17-32(37(7,35)36)21-14-12-20(13-15-21)27(4,5)6/h9-15,18-19H,8,16-17H2,1-7H3,(H,30,34)/t18-,19+/m0/s1. The summed E-state index contributed by atoms with van der Waals surface area (Å²) in [6, 6.07) is 11.0. The third-order valence-electron chi connectivity index (χ3n) is 6.26. The maximum Gasteiger partial charge on any atom is 0.244 e. The third-order valence-corrected chi connectivity index (χ3v) is 8.11. The average molecular weight is 571 g/mol. The van der Waals surface area contributed by atoms with E-state index in [0.717, 1.165) is 22.5 Å². The van der Waals surface area contributed by atoms with E-state index in [0.29, 0.717) is 21.3 Å². The Hall–Kier alpha value is -2.29. The average Bonchev–Trinajstić information content (AvgIpc) is 2.80. The van der Waals surface area contributed by atoms with Gasteiger partial charge >= 0.3 is 0 Å². The SMILES string of the molecule is CC[C@H](C)NC(=O)[C@@H](C)N(Cc1c(Cl)cccc1Cl)C(=O)CN(c1ccc(C(C)(C)C)cc1)S(C)(=O)=O. The second-order valence-corrected chi connectivity index (χ2v) is 13.0. The van der Waals surface area contributed by atoms with Gasteiger partial charge in [-0.3, -0.25) is 13.9 Å². The van der Waals surface area contributed by atoms with Crippen LogP contribution in [0.4, 0.5) is 5.69 Å². The minimum atomic E-state index is -3.82. The Kier molecular flexibility index (Phi) is 10.5. The van der Waals surface area contributed by atoms with Gasteiger partial charge in [0, 0.05) is 28.2 Å². The van der Waals surface area contributed by atoms with E-state index in [2.05, 4.69) is 26.1 Å². The van der Waals surface area contributed by atoms with Gasteiger partial charge in [-0.05, 0) is 55.5 Å². The molecule has 0 fully saturated rings. The molecule has 2 aromatic carbocycles. The smallest absolute Gasteiger partial charge is 0.244 e. The molecule has 0 unspecified atom stereocenters. The van der Waals surface area contributed by atoms with Crippen molar-refractivity contribution in [1.29, 1.82) is 0 Å². The molecule has 0 heterocycles. The van der Waals surface area contributed by atoms with E-state index in [4.69, 9.17) is 23.2 Å². The number of halogens is 2. The minimum Gasteiger partial charge on any atom is -0.352 e. The van der Waals surface area contributed by atoms with Crippen molar-refractivity contribution in [2.75, 3.05) is 17.1 Å². The highest BCUT2D eigenvalue weighted by Crippen LogP contribution is 2.28. The number of carbonyl (C=O) groups is 2. The largest absolute Gasteiger partial charge is 0.352 e. The molecule has 0 spiro atoms. The van der Waals surface area contributed by atoms with Crippen molar-refractivity contribution in [2.45, 2.75) is 72.0 Å². The molecule has 37 heavy (non-hydrogen) atoms. The highest BCUT2D eigenvalue weighted by atomic mass is 35.5. The molecular weight excluding hydrogens is 533 g/mol. The molecule has 0 aliphatic carbocycles. The summed E-state index contributed by atoms with van der Waals surface area (Å²) < 4.78 is 26.6. The van der Waals surface area contributed by atoms with E-state index in [1.807, 2.05) is 26.0 Å². The lowest BCUT2D eigenvalue weighted by Gasteiger charge is -2.32. The summed E-state index contributed by atoms with van der Waals surface area (Å²) in [4.78, 5) is 28.0. The minimum absolute atomic E-state index is 0.0625. The molecule has 2 rings (SSSR count). The first-order chi connectivity index (χ1) is 17.1. The number of nitrogens with zero attached hydrogens (tertiary/aromatic N) is 2. The molecule has 204 valence electrons. The Morgan fingerprint density at radius 2 is 1.54 bits per heavy atom. The Morgan fingerprint density at radius 1 is 1.00 bits per heavy atom. The highest BCUT2D eigenvalue weighted by molar-refractivity contribution is 7.92. The molecular formula is C27H37Cl2N3O4S. The summed E-state index contributed by atoms with van der Waals surface area (Å²) in [5.74, 6) is -0.917. The first-order valence-corrected chi connectivity index (χ1v) is 14.8. The van der Waals surface area contributed by atoms with Gasteiger partial charge in [-0.25, -0.2) is 8.42 Å². The summed E-state index contributed by atoms with van der Waals surface area (Å²) >= 11 is 12.7. The van der Waals surface area contributed by atoms with Crippen molar-refractivity contribution >= 4 is 50.7 Å². The van der Waals surface area contributed by atoms with Crippen LogP contribution in [0, 0.1) is 0 Å². The number of hydrogen-bond donors (Lipinski definition) is 1. The second-order valence-electron chi connectivity index (χ2n) is 10.3. The van der Waals surface area contributed by atoms with Gasteiger partial charge in [0.25, 0.3) is 0 Å². The lowest BCUT2D eigenvalue weighted by atomic mass is 9.87. The zero-order valence-corrected chi connectivity index (χ0v) is 24.8. The predicted octanol–water partition coefficient (Wildman–Crippen LogP) is 5.39. The normalized spacial score (nSPS) is 13.5. The van der Waals surface area contributed by atoms with E-state index in [-0.39, 0.29) is 23.9 Å². The van der Waals surface area contributed by atoms with Gasteiger partial charge in [-0.15, -0.1) is 0 Å². The fourth-order valence-electron chi connectivity index (χ4n) is 3.64. The molecule has 0 aliphatic rings. The van der Waals surface area contributed by atoms with Crippen LogP contribution in [0.2, 0.25) is 10.0 Å². The number of sulfonamides is 1. The van der Waals surface area contributed by atoms with Crippen LogP contribution in [-0.2, 0) is 31.6 Å². The Labute approximate surface area is 231 Å². The first kappa shape index (κ1) is 30.9. The van der Waals surface area contributed by atoms with Crippen LogP contribution in [0.25, 0.3) is 0 Å². The fourth-order valence-corrected chi connectivity index (χ4v) is 5.01. The van der Waals surface area contributed by atoms with Gasteiger partial charge in [-0.1, -0.05) is 69.1 Å². The molecule has 0 saturated carbocycles. The number of amides is 2. The topological polar surface area (TPSA) is 86.8 Å². The third kappa shape index (κ3) is 8.35. The van der Waals surface area contributed by atoms with E-state index in [1.54, 1.807) is 37.3 Å². The van der Waals surface area contributed by atoms with Crippen molar-refractivity contribution in [3.63, 3.8) is 0 Å². The number of rotatable bonds is 10. The number of nitrogens with one attached hydrogen (secondary N) is 1. The quantitative estimate of drug-likeness (QED) is 0.415. The number of hydrogen-bond acceptors (Lipinski definition) is 4. The van der Waals surface area contributed by atoms with Crippen LogP contribution in [-0.4, -0.2) is 50.0 Å². The van der Waals surface area contributed by atoms with Crippen LogP contribution in [0.3, 0.4) is 0 Å². The molecule has 7 nitrogen and oxygen atoms in total. The van der Waals surface area contributed by atoms with Gasteiger partial charge < -0.3 is 10.2 Å². The highest BCUT2D eigenvalue weighted by Gasteiger charge is 2.31. The van der Waals surface area contributed by atoms with E-state index < -0.39 is 28.5 Å². The zero-order valence-electron chi connectivity index (χ0n) is 22.5. The van der Waals surface area contributed by atoms with Crippen molar-refractivity contribution in [2.24, 2.45) is 0 Å². The zero-order chi connectivity index (χ0) is 28.1. The molecule has 2 amide bonds. The summed E-state index contributed by atoms with van der Waals surface area (Å²) in [7, 11) is -3.82.